The van der Waals surface area contributed by atoms with E-state index in [0.717, 1.165) is 6.42 Å². The summed E-state index contributed by atoms with van der Waals surface area (Å²) in [5, 5.41) is 0. The minimum absolute atomic E-state index is 0. The van der Waals surface area contributed by atoms with Crippen LogP contribution in [-0.4, -0.2) is 0 Å². The van der Waals surface area contributed by atoms with Crippen LogP contribution in [0.25, 0.3) is 11.1 Å². The molecular formula is C17H15Cl2Zr-. The van der Waals surface area contributed by atoms with Crippen molar-refractivity contribution in [2.45, 2.75) is 6.42 Å². The van der Waals surface area contributed by atoms with E-state index in [-0.39, 0.29) is 51.0 Å². The van der Waals surface area contributed by atoms with E-state index in [1.54, 1.807) is 0 Å². The van der Waals surface area contributed by atoms with Crippen molar-refractivity contribution < 1.29 is 26.2 Å². The van der Waals surface area contributed by atoms with Gasteiger partial charge in [0.05, 0.1) is 0 Å². The number of hydrogen-bond acceptors (Lipinski definition) is 0. The van der Waals surface area contributed by atoms with Crippen LogP contribution in [0.15, 0.2) is 66.7 Å². The first-order chi connectivity index (χ1) is 8.45. The quantitative estimate of drug-likeness (QED) is 0.627. The Morgan fingerprint density at radius 1 is 0.700 bits per heavy atom. The Morgan fingerprint density at radius 2 is 1.20 bits per heavy atom. The first kappa shape index (κ1) is 19.4. The number of benzene rings is 2. The Bertz CT molecular complexity index is 574. The molecular weight excluding hydrogens is 366 g/mol. The van der Waals surface area contributed by atoms with Crippen LogP contribution in [0.5, 0.6) is 0 Å². The molecule has 0 saturated heterocycles. The Hall–Kier alpha value is -0.617. The largest absolute Gasteiger partial charge is 0.272 e. The van der Waals surface area contributed by atoms with E-state index in [2.05, 4.69) is 72.8 Å². The molecule has 0 radical (unpaired) electrons. The predicted molar refractivity (Wildman–Crippen MR) is 86.6 cm³/mol. The van der Waals surface area contributed by atoms with Crippen molar-refractivity contribution in [3.05, 3.63) is 83.9 Å². The molecule has 0 fully saturated rings. The molecule has 102 valence electrons. The van der Waals surface area contributed by atoms with Crippen molar-refractivity contribution in [2.75, 3.05) is 0 Å². The molecule has 0 amide bonds. The molecule has 0 bridgehead atoms. The molecule has 20 heavy (non-hydrogen) atoms. The van der Waals surface area contributed by atoms with Gasteiger partial charge in [0.2, 0.25) is 0 Å². The van der Waals surface area contributed by atoms with Crippen molar-refractivity contribution in [1.29, 1.82) is 0 Å². The summed E-state index contributed by atoms with van der Waals surface area (Å²) >= 11 is 0. The van der Waals surface area contributed by atoms with Crippen LogP contribution < -0.4 is 0 Å². The van der Waals surface area contributed by atoms with Gasteiger partial charge in [0.25, 0.3) is 0 Å². The fraction of sp³-hybridized carbons (Fsp3) is 0.0588. The molecule has 0 heterocycles. The number of rotatable bonds is 2. The van der Waals surface area contributed by atoms with Crippen LogP contribution in [0.4, 0.5) is 0 Å². The van der Waals surface area contributed by atoms with Crippen LogP contribution in [0.2, 0.25) is 0 Å². The molecule has 2 aromatic carbocycles. The fourth-order valence-electron chi connectivity index (χ4n) is 2.21. The molecule has 3 rings (SSSR count). The predicted octanol–water partition coefficient (Wildman–Crippen LogP) is 5.20. The van der Waals surface area contributed by atoms with Crippen LogP contribution in [0.1, 0.15) is 17.5 Å². The minimum atomic E-state index is 0. The van der Waals surface area contributed by atoms with E-state index in [9.17, 15) is 0 Å². The zero-order valence-electron chi connectivity index (χ0n) is 10.9. The van der Waals surface area contributed by atoms with Gasteiger partial charge in [-0.1, -0.05) is 60.7 Å². The van der Waals surface area contributed by atoms with E-state index in [1.807, 2.05) is 0 Å². The van der Waals surface area contributed by atoms with Crippen LogP contribution in [-0.2, 0) is 26.2 Å². The van der Waals surface area contributed by atoms with Crippen molar-refractivity contribution in [3.8, 4) is 0 Å². The molecule has 3 heteroatoms. The van der Waals surface area contributed by atoms with Gasteiger partial charge in [-0.25, -0.2) is 6.08 Å². The summed E-state index contributed by atoms with van der Waals surface area (Å²) in [7, 11) is 0. The summed E-state index contributed by atoms with van der Waals surface area (Å²) in [6, 6.07) is 21.1. The van der Waals surface area contributed by atoms with E-state index >= 15 is 0 Å². The first-order valence-electron chi connectivity index (χ1n) is 5.86. The second kappa shape index (κ2) is 9.34. The van der Waals surface area contributed by atoms with Crippen molar-refractivity contribution >= 4 is 36.0 Å². The van der Waals surface area contributed by atoms with Gasteiger partial charge in [-0.2, -0.15) is 5.57 Å². The Labute approximate surface area is 151 Å². The van der Waals surface area contributed by atoms with Gasteiger partial charge in [0, 0.05) is 26.2 Å². The van der Waals surface area contributed by atoms with Crippen molar-refractivity contribution in [2.24, 2.45) is 0 Å². The average molecular weight is 381 g/mol. The van der Waals surface area contributed by atoms with E-state index in [0.29, 0.717) is 0 Å². The number of hydrogen-bond donors (Lipinski definition) is 0. The average Bonchev–Trinajstić information content (AvgIpc) is 2.90. The van der Waals surface area contributed by atoms with Gasteiger partial charge in [-0.3, -0.25) is 6.08 Å². The second-order valence-corrected chi connectivity index (χ2v) is 4.15. The maximum Gasteiger partial charge on any atom is 0 e. The zero-order chi connectivity index (χ0) is 11.5. The summed E-state index contributed by atoms with van der Waals surface area (Å²) in [6.07, 6.45) is 6.34. The molecule has 0 aromatic heterocycles. The molecule has 0 saturated carbocycles. The summed E-state index contributed by atoms with van der Waals surface area (Å²) in [4.78, 5) is 0. The standard InChI is InChI=1S/C17H13.2ClH.Zr/c1-3-8-14(9-4-1)16-12-7-13-17(16)15-10-5-2-6-11-15;;;/h1-6,8-12H,13H2;2*1H;/q-1;;;. The monoisotopic (exact) mass is 379 g/mol. The Kier molecular flexibility index (Phi) is 9.06. The first-order valence-corrected chi connectivity index (χ1v) is 5.86. The number of allylic oxidation sites excluding steroid dienone is 4. The molecule has 1 aliphatic rings. The van der Waals surface area contributed by atoms with Gasteiger partial charge in [0.15, 0.2) is 0 Å². The summed E-state index contributed by atoms with van der Waals surface area (Å²) in [6.45, 7) is 0. The van der Waals surface area contributed by atoms with Gasteiger partial charge in [-0.15, -0.1) is 42.4 Å². The molecule has 0 spiro atoms. The third kappa shape index (κ3) is 4.19. The zero-order valence-corrected chi connectivity index (χ0v) is 15.0. The molecule has 0 N–H and O–H groups in total. The van der Waals surface area contributed by atoms with Gasteiger partial charge < -0.3 is 0 Å². The number of halogens is 2. The molecule has 0 atom stereocenters. The van der Waals surface area contributed by atoms with Crippen LogP contribution in [0.3, 0.4) is 0 Å². The van der Waals surface area contributed by atoms with E-state index in [1.165, 1.54) is 22.3 Å². The Balaban J connectivity index is 0.00000120. The topological polar surface area (TPSA) is 0 Å². The summed E-state index contributed by atoms with van der Waals surface area (Å²) in [5.41, 5.74) is 5.25. The van der Waals surface area contributed by atoms with Gasteiger partial charge in [0.1, 0.15) is 0 Å². The van der Waals surface area contributed by atoms with Crippen molar-refractivity contribution in [1.82, 2.24) is 0 Å². The minimum Gasteiger partial charge on any atom is -0.272 e. The van der Waals surface area contributed by atoms with Crippen LogP contribution >= 0.6 is 24.8 Å². The van der Waals surface area contributed by atoms with Crippen LogP contribution in [0, 0.1) is 6.08 Å². The van der Waals surface area contributed by atoms with Gasteiger partial charge in [-0.05, 0) is 5.56 Å². The molecule has 0 aliphatic heterocycles. The summed E-state index contributed by atoms with van der Waals surface area (Å²) in [5.74, 6) is 0. The summed E-state index contributed by atoms with van der Waals surface area (Å²) < 4.78 is 0. The maximum absolute atomic E-state index is 3.32. The van der Waals surface area contributed by atoms with Gasteiger partial charge >= 0.3 is 0 Å². The molecule has 1 aliphatic carbocycles. The van der Waals surface area contributed by atoms with E-state index < -0.39 is 0 Å². The normalized spacial score (nSPS) is 12.2. The molecule has 0 unspecified atom stereocenters. The van der Waals surface area contributed by atoms with Crippen molar-refractivity contribution in [3.63, 3.8) is 0 Å². The molecule has 0 nitrogen and oxygen atoms in total. The smallest absolute Gasteiger partial charge is 0 e. The third-order valence-electron chi connectivity index (χ3n) is 3.06. The SMILES string of the molecule is Cl.Cl.[C-]1=CC(c2ccccc2)=C(c2ccccc2)C1.[Zr]. The van der Waals surface area contributed by atoms with E-state index in [4.69, 9.17) is 0 Å². The fourth-order valence-corrected chi connectivity index (χ4v) is 2.21. The third-order valence-corrected chi connectivity index (χ3v) is 3.06. The second-order valence-electron chi connectivity index (χ2n) is 4.15. The molecule has 2 aromatic rings. The maximum atomic E-state index is 3.32. The Morgan fingerprint density at radius 3 is 1.75 bits per heavy atom.